The van der Waals surface area contributed by atoms with Gasteiger partial charge in [0.1, 0.15) is 28.9 Å². The molecule has 0 fully saturated rings. The number of ether oxygens (including phenoxy) is 1. The van der Waals surface area contributed by atoms with Crippen molar-refractivity contribution in [3.05, 3.63) is 69.9 Å². The minimum Gasteiger partial charge on any atom is -0.489 e. The van der Waals surface area contributed by atoms with E-state index in [-0.39, 0.29) is 24.4 Å². The molecular weight excluding hydrogens is 387 g/mol. The fourth-order valence-corrected chi connectivity index (χ4v) is 3.55. The molecule has 1 amide bonds. The Kier molecular flexibility index (Phi) is 6.08. The summed E-state index contributed by atoms with van der Waals surface area (Å²) in [6.07, 6.45) is 0. The van der Waals surface area contributed by atoms with E-state index in [9.17, 15) is 9.18 Å². The lowest BCUT2D eigenvalue weighted by Crippen LogP contribution is -2.30. The van der Waals surface area contributed by atoms with Crippen LogP contribution in [0.4, 0.5) is 4.39 Å². The van der Waals surface area contributed by atoms with Gasteiger partial charge in [-0.3, -0.25) is 4.79 Å². The molecule has 7 heteroatoms. The van der Waals surface area contributed by atoms with Crippen molar-refractivity contribution in [2.45, 2.75) is 26.5 Å². The van der Waals surface area contributed by atoms with Crippen LogP contribution in [0.5, 0.6) is 5.75 Å². The molecule has 1 aromatic heterocycles. The first-order valence-electron chi connectivity index (χ1n) is 8.36. The van der Waals surface area contributed by atoms with Crippen molar-refractivity contribution >= 4 is 28.8 Å². The minimum atomic E-state index is -0.300. The van der Waals surface area contributed by atoms with E-state index in [1.54, 1.807) is 35.7 Å². The Balaban J connectivity index is 1.71. The monoisotopic (exact) mass is 404 g/mol. The summed E-state index contributed by atoms with van der Waals surface area (Å²) in [7, 11) is 0. The number of nitrogens with zero attached hydrogens (tertiary/aromatic N) is 1. The average molecular weight is 405 g/mol. The van der Waals surface area contributed by atoms with Crippen LogP contribution in [0, 0.1) is 5.82 Å². The molecule has 0 aliphatic rings. The number of aromatic nitrogens is 1. The second-order valence-electron chi connectivity index (χ2n) is 6.23. The maximum absolute atomic E-state index is 13.2. The normalized spacial score (nSPS) is 10.9. The van der Waals surface area contributed by atoms with Crippen molar-refractivity contribution in [2.24, 2.45) is 0 Å². The number of amides is 1. The maximum atomic E-state index is 13.2. The van der Waals surface area contributed by atoms with Crippen molar-refractivity contribution in [3.63, 3.8) is 0 Å². The summed E-state index contributed by atoms with van der Waals surface area (Å²) in [5.74, 6) is 0.0616. The molecule has 3 aromatic rings. The Labute approximate surface area is 166 Å². The Morgan fingerprint density at radius 1 is 1.30 bits per heavy atom. The third-order valence-electron chi connectivity index (χ3n) is 3.62. The fourth-order valence-electron chi connectivity index (χ4n) is 2.39. The smallest absolute Gasteiger partial charge is 0.270 e. The standard InChI is InChI=1S/C20H18ClFN2O2S/c1-12(2)23-19(25)18-11-27-20(24-18)16-7-6-15(9-17(16)21)26-10-13-4-3-5-14(22)8-13/h3-9,11-12H,10H2,1-2H3,(H,23,25). The van der Waals surface area contributed by atoms with E-state index in [1.807, 2.05) is 13.8 Å². The van der Waals surface area contributed by atoms with Crippen LogP contribution in [-0.4, -0.2) is 16.9 Å². The molecule has 0 radical (unpaired) electrons. The van der Waals surface area contributed by atoms with Gasteiger partial charge in [-0.25, -0.2) is 9.37 Å². The zero-order valence-corrected chi connectivity index (χ0v) is 16.4. The molecule has 0 unspecified atom stereocenters. The van der Waals surface area contributed by atoms with Gasteiger partial charge in [-0.2, -0.15) is 0 Å². The summed E-state index contributed by atoms with van der Waals surface area (Å²) in [6.45, 7) is 4.03. The molecule has 27 heavy (non-hydrogen) atoms. The molecule has 0 atom stereocenters. The number of thiazole rings is 1. The highest BCUT2D eigenvalue weighted by molar-refractivity contribution is 7.13. The predicted molar refractivity (Wildman–Crippen MR) is 106 cm³/mol. The first kappa shape index (κ1) is 19.3. The van der Waals surface area contributed by atoms with Gasteiger partial charge in [0.25, 0.3) is 5.91 Å². The number of carbonyl (C=O) groups is 1. The van der Waals surface area contributed by atoms with Crippen LogP contribution in [0.15, 0.2) is 47.8 Å². The molecule has 4 nitrogen and oxygen atoms in total. The molecular formula is C20H18ClFN2O2S. The summed E-state index contributed by atoms with van der Waals surface area (Å²) in [4.78, 5) is 16.4. The lowest BCUT2D eigenvalue weighted by molar-refractivity contribution is 0.0939. The maximum Gasteiger partial charge on any atom is 0.270 e. The zero-order chi connectivity index (χ0) is 19.4. The molecule has 0 bridgehead atoms. The SMILES string of the molecule is CC(C)NC(=O)c1csc(-c2ccc(OCc3cccc(F)c3)cc2Cl)n1. The second-order valence-corrected chi connectivity index (χ2v) is 7.49. The van der Waals surface area contributed by atoms with Gasteiger partial charge in [-0.05, 0) is 49.7 Å². The van der Waals surface area contributed by atoms with Crippen LogP contribution in [-0.2, 0) is 6.61 Å². The average Bonchev–Trinajstić information content (AvgIpc) is 3.09. The van der Waals surface area contributed by atoms with Crippen molar-refractivity contribution in [2.75, 3.05) is 0 Å². The van der Waals surface area contributed by atoms with Gasteiger partial charge in [0.15, 0.2) is 0 Å². The summed E-state index contributed by atoms with van der Waals surface area (Å²) < 4.78 is 18.9. The summed E-state index contributed by atoms with van der Waals surface area (Å²) in [6, 6.07) is 11.5. The van der Waals surface area contributed by atoms with Crippen LogP contribution >= 0.6 is 22.9 Å². The Hall–Kier alpha value is -2.44. The highest BCUT2D eigenvalue weighted by Crippen LogP contribution is 2.33. The third kappa shape index (κ3) is 5.05. The molecule has 0 aliphatic carbocycles. The lowest BCUT2D eigenvalue weighted by Gasteiger charge is -2.08. The van der Waals surface area contributed by atoms with Crippen LogP contribution in [0.1, 0.15) is 29.9 Å². The van der Waals surface area contributed by atoms with E-state index in [0.717, 1.165) is 11.1 Å². The summed E-state index contributed by atoms with van der Waals surface area (Å²) in [5.41, 5.74) is 1.82. The topological polar surface area (TPSA) is 51.2 Å². The molecule has 0 spiro atoms. The van der Waals surface area contributed by atoms with Crippen molar-refractivity contribution in [1.82, 2.24) is 10.3 Å². The number of nitrogens with one attached hydrogen (secondary N) is 1. The van der Waals surface area contributed by atoms with Gasteiger partial charge in [-0.1, -0.05) is 23.7 Å². The highest BCUT2D eigenvalue weighted by atomic mass is 35.5. The quantitative estimate of drug-likeness (QED) is 0.604. The third-order valence-corrected chi connectivity index (χ3v) is 4.81. The van der Waals surface area contributed by atoms with Gasteiger partial charge in [-0.15, -0.1) is 11.3 Å². The molecule has 0 aliphatic heterocycles. The molecule has 3 rings (SSSR count). The predicted octanol–water partition coefficient (Wildman–Crippen LogP) is 5.32. The van der Waals surface area contributed by atoms with Crippen molar-refractivity contribution in [3.8, 4) is 16.3 Å². The van der Waals surface area contributed by atoms with Gasteiger partial charge < -0.3 is 10.1 Å². The Morgan fingerprint density at radius 3 is 2.81 bits per heavy atom. The number of hydrogen-bond acceptors (Lipinski definition) is 4. The molecule has 1 heterocycles. The second kappa shape index (κ2) is 8.50. The lowest BCUT2D eigenvalue weighted by atomic mass is 10.2. The molecule has 2 aromatic carbocycles. The van der Waals surface area contributed by atoms with E-state index >= 15 is 0 Å². The van der Waals surface area contributed by atoms with E-state index in [0.29, 0.717) is 21.5 Å². The largest absolute Gasteiger partial charge is 0.489 e. The number of carbonyl (C=O) groups excluding carboxylic acids is 1. The summed E-state index contributed by atoms with van der Waals surface area (Å²) >= 11 is 7.72. The van der Waals surface area contributed by atoms with E-state index in [4.69, 9.17) is 16.3 Å². The molecule has 140 valence electrons. The number of hydrogen-bond donors (Lipinski definition) is 1. The molecule has 1 N–H and O–H groups in total. The number of rotatable bonds is 6. The van der Waals surface area contributed by atoms with Gasteiger partial charge in [0.05, 0.1) is 5.02 Å². The molecule has 0 saturated carbocycles. The Morgan fingerprint density at radius 2 is 2.11 bits per heavy atom. The molecule has 0 saturated heterocycles. The van der Waals surface area contributed by atoms with E-state index in [1.165, 1.54) is 23.5 Å². The summed E-state index contributed by atoms with van der Waals surface area (Å²) in [5, 5.41) is 5.64. The van der Waals surface area contributed by atoms with Crippen LogP contribution < -0.4 is 10.1 Å². The van der Waals surface area contributed by atoms with Crippen LogP contribution in [0.2, 0.25) is 5.02 Å². The van der Waals surface area contributed by atoms with E-state index in [2.05, 4.69) is 10.3 Å². The number of halogens is 2. The Bertz CT molecular complexity index is 959. The van der Waals surface area contributed by atoms with Gasteiger partial charge >= 0.3 is 0 Å². The zero-order valence-electron chi connectivity index (χ0n) is 14.8. The first-order valence-corrected chi connectivity index (χ1v) is 9.61. The number of benzene rings is 2. The van der Waals surface area contributed by atoms with Crippen LogP contribution in [0.3, 0.4) is 0 Å². The highest BCUT2D eigenvalue weighted by Gasteiger charge is 2.15. The first-order chi connectivity index (χ1) is 12.9. The van der Waals surface area contributed by atoms with Crippen LogP contribution in [0.25, 0.3) is 10.6 Å². The minimum absolute atomic E-state index is 0.0424. The van der Waals surface area contributed by atoms with E-state index < -0.39 is 0 Å². The van der Waals surface area contributed by atoms with Crippen molar-refractivity contribution < 1.29 is 13.9 Å². The van der Waals surface area contributed by atoms with Gasteiger partial charge in [0, 0.05) is 17.0 Å². The fraction of sp³-hybridized carbons (Fsp3) is 0.200. The van der Waals surface area contributed by atoms with Gasteiger partial charge in [0.2, 0.25) is 0 Å². The van der Waals surface area contributed by atoms with Crippen molar-refractivity contribution in [1.29, 1.82) is 0 Å².